The van der Waals surface area contributed by atoms with E-state index in [0.29, 0.717) is 23.4 Å². The molecule has 3 aromatic rings. The topological polar surface area (TPSA) is 144 Å². The fourth-order valence-electron chi connectivity index (χ4n) is 3.32. The molecule has 1 heterocycles. The highest BCUT2D eigenvalue weighted by Crippen LogP contribution is 2.33. The van der Waals surface area contributed by atoms with E-state index < -0.39 is 33.6 Å². The summed E-state index contributed by atoms with van der Waals surface area (Å²) in [4.78, 5) is 25.7. The Morgan fingerprint density at radius 3 is 2.31 bits per heavy atom. The molecule has 3 N–H and O–H groups in total. The second kappa shape index (κ2) is 14.3. The molecule has 0 saturated carbocycles. The quantitative estimate of drug-likeness (QED) is 0.263. The lowest BCUT2D eigenvalue weighted by atomic mass is 10.1. The number of carboxylic acid groups (broad SMARTS) is 1. The summed E-state index contributed by atoms with van der Waals surface area (Å²) in [5.74, 6) is -2.75. The number of hydrogen-bond acceptors (Lipinski definition) is 7. The van der Waals surface area contributed by atoms with Crippen LogP contribution in [-0.4, -0.2) is 62.4 Å². The lowest BCUT2D eigenvalue weighted by Gasteiger charge is -2.25. The van der Waals surface area contributed by atoms with Gasteiger partial charge in [-0.2, -0.15) is 17.9 Å². The van der Waals surface area contributed by atoms with Crippen LogP contribution in [0.4, 0.5) is 13.2 Å². The number of rotatable bonds is 10. The van der Waals surface area contributed by atoms with E-state index in [2.05, 4.69) is 15.0 Å². The molecule has 0 aliphatic carbocycles. The van der Waals surface area contributed by atoms with Crippen LogP contribution in [0, 0.1) is 6.92 Å². The van der Waals surface area contributed by atoms with Crippen molar-refractivity contribution in [2.24, 2.45) is 0 Å². The first-order chi connectivity index (χ1) is 19.4. The maximum atomic E-state index is 13.2. The fourth-order valence-corrected chi connectivity index (χ4v) is 5.59. The van der Waals surface area contributed by atoms with E-state index in [0.717, 1.165) is 11.1 Å². The molecule has 0 aliphatic heterocycles. The Hall–Kier alpha value is -3.17. The maximum Gasteiger partial charge on any atom is 0.490 e. The number of benzene rings is 2. The monoisotopic (exact) mass is 653 g/mol. The zero-order chi connectivity index (χ0) is 31.9. The van der Waals surface area contributed by atoms with Gasteiger partial charge in [-0.1, -0.05) is 41.4 Å². The molecule has 0 fully saturated rings. The first-order valence-corrected chi connectivity index (χ1v) is 14.2. The second-order valence-electron chi connectivity index (χ2n) is 9.19. The molecule has 16 heteroatoms. The normalized spacial score (nSPS) is 11.9. The summed E-state index contributed by atoms with van der Waals surface area (Å²) in [7, 11) is -2.69. The summed E-state index contributed by atoms with van der Waals surface area (Å²) in [5.41, 5.74) is 0.353. The predicted molar refractivity (Wildman–Crippen MR) is 150 cm³/mol. The number of alkyl halides is 3. The standard InChI is InChI=1S/C24H27Cl2N3O5S.C2HF3O2/c1-15-8-9-16-6-5-7-19(22(16)28-15)34-14-17-18(25)10-11-20(21(17)26)35(31,32)29-24(2,3)23(30)27-12-13-33-4;3-2(4,5)1(6)7/h5-11,29H,12-14H2,1-4H3,(H,27,30);(H,6,7). The summed E-state index contributed by atoms with van der Waals surface area (Å²) in [6.45, 7) is 5.24. The number of carbonyl (C=O) groups is 2. The van der Waals surface area contributed by atoms with E-state index >= 15 is 0 Å². The largest absolute Gasteiger partial charge is 0.490 e. The van der Waals surface area contributed by atoms with Gasteiger partial charge in [-0.3, -0.25) is 4.79 Å². The van der Waals surface area contributed by atoms with E-state index in [4.69, 9.17) is 42.6 Å². The Morgan fingerprint density at radius 1 is 1.07 bits per heavy atom. The van der Waals surface area contributed by atoms with Crippen LogP contribution in [0.25, 0.3) is 10.9 Å². The van der Waals surface area contributed by atoms with Crippen molar-refractivity contribution in [2.45, 2.75) is 44.0 Å². The van der Waals surface area contributed by atoms with E-state index in [1.165, 1.54) is 33.1 Å². The minimum absolute atomic E-state index is 0.0866. The summed E-state index contributed by atoms with van der Waals surface area (Å²) < 4.78 is 71.3. The molecule has 0 saturated heterocycles. The van der Waals surface area contributed by atoms with E-state index in [1.54, 1.807) is 6.07 Å². The van der Waals surface area contributed by atoms with Crippen LogP contribution in [0.5, 0.6) is 5.75 Å². The molecule has 1 aromatic heterocycles. The smallest absolute Gasteiger partial charge is 0.487 e. The van der Waals surface area contributed by atoms with Crippen molar-refractivity contribution in [3.63, 3.8) is 0 Å². The number of carbonyl (C=O) groups excluding carboxylic acids is 1. The number of halogens is 5. The van der Waals surface area contributed by atoms with Gasteiger partial charge in [0.25, 0.3) is 0 Å². The molecular formula is C26H28Cl2F3N3O7S. The highest BCUT2D eigenvalue weighted by atomic mass is 35.5. The zero-order valence-electron chi connectivity index (χ0n) is 22.8. The molecule has 230 valence electrons. The number of aryl methyl sites for hydroxylation is 1. The lowest BCUT2D eigenvalue weighted by molar-refractivity contribution is -0.192. The van der Waals surface area contributed by atoms with Crippen molar-refractivity contribution in [1.82, 2.24) is 15.0 Å². The maximum absolute atomic E-state index is 13.2. The zero-order valence-corrected chi connectivity index (χ0v) is 25.1. The van der Waals surface area contributed by atoms with Crippen molar-refractivity contribution in [3.05, 3.63) is 63.8 Å². The Morgan fingerprint density at radius 2 is 1.71 bits per heavy atom. The lowest BCUT2D eigenvalue weighted by Crippen LogP contribution is -2.55. The average molecular weight is 654 g/mol. The summed E-state index contributed by atoms with van der Waals surface area (Å²) in [6, 6.07) is 12.1. The number of amides is 1. The average Bonchev–Trinajstić information content (AvgIpc) is 2.87. The number of aromatic nitrogens is 1. The van der Waals surface area contributed by atoms with Gasteiger partial charge in [-0.05, 0) is 45.0 Å². The number of methoxy groups -OCH3 is 1. The highest BCUT2D eigenvalue weighted by Gasteiger charge is 2.38. The molecule has 0 bridgehead atoms. The first kappa shape index (κ1) is 35.0. The Balaban J connectivity index is 0.000000782. The molecule has 0 spiro atoms. The summed E-state index contributed by atoms with van der Waals surface area (Å²) >= 11 is 12.8. The minimum Gasteiger partial charge on any atom is -0.487 e. The van der Waals surface area contributed by atoms with Gasteiger partial charge in [0.05, 0.1) is 11.6 Å². The number of carboxylic acids is 1. The molecule has 0 aliphatic rings. The van der Waals surface area contributed by atoms with Gasteiger partial charge in [0.1, 0.15) is 28.3 Å². The van der Waals surface area contributed by atoms with Gasteiger partial charge in [-0.15, -0.1) is 0 Å². The molecule has 10 nitrogen and oxygen atoms in total. The van der Waals surface area contributed by atoms with Crippen LogP contribution >= 0.6 is 23.2 Å². The third kappa shape index (κ3) is 9.42. The number of pyridine rings is 1. The number of sulfonamides is 1. The van der Waals surface area contributed by atoms with Gasteiger partial charge in [-0.25, -0.2) is 18.2 Å². The van der Waals surface area contributed by atoms with Crippen molar-refractivity contribution in [1.29, 1.82) is 0 Å². The minimum atomic E-state index is -5.08. The first-order valence-electron chi connectivity index (χ1n) is 12.0. The third-order valence-corrected chi connectivity index (χ3v) is 8.02. The van der Waals surface area contributed by atoms with Crippen LogP contribution in [0.1, 0.15) is 25.1 Å². The van der Waals surface area contributed by atoms with Crippen LogP contribution in [-0.2, 0) is 31.0 Å². The van der Waals surface area contributed by atoms with Crippen LogP contribution < -0.4 is 14.8 Å². The van der Waals surface area contributed by atoms with Gasteiger partial charge in [0.15, 0.2) is 0 Å². The molecular weight excluding hydrogens is 626 g/mol. The molecule has 2 aromatic carbocycles. The number of aliphatic carboxylic acids is 1. The second-order valence-corrected chi connectivity index (χ2v) is 11.6. The predicted octanol–water partition coefficient (Wildman–Crippen LogP) is 4.88. The van der Waals surface area contributed by atoms with Crippen LogP contribution in [0.2, 0.25) is 10.0 Å². The van der Waals surface area contributed by atoms with Crippen molar-refractivity contribution >= 4 is 56.0 Å². The van der Waals surface area contributed by atoms with Crippen molar-refractivity contribution in [3.8, 4) is 5.75 Å². The summed E-state index contributed by atoms with van der Waals surface area (Å²) in [6.07, 6.45) is -5.08. The van der Waals surface area contributed by atoms with Gasteiger partial charge in [0.2, 0.25) is 15.9 Å². The molecule has 0 unspecified atom stereocenters. The number of para-hydroxylation sites is 1. The van der Waals surface area contributed by atoms with Crippen molar-refractivity contribution < 1.29 is 45.8 Å². The van der Waals surface area contributed by atoms with Crippen LogP contribution in [0.3, 0.4) is 0 Å². The Kier molecular flexibility index (Phi) is 12.0. The molecule has 42 heavy (non-hydrogen) atoms. The van der Waals surface area contributed by atoms with Gasteiger partial charge in [0, 0.05) is 35.3 Å². The molecule has 3 rings (SSSR count). The molecule has 0 radical (unpaired) electrons. The number of fused-ring (bicyclic) bond motifs is 1. The number of hydrogen-bond donors (Lipinski definition) is 3. The van der Waals surface area contributed by atoms with Gasteiger partial charge >= 0.3 is 12.1 Å². The summed E-state index contributed by atoms with van der Waals surface area (Å²) in [5, 5.41) is 10.8. The number of nitrogens with one attached hydrogen (secondary N) is 2. The van der Waals surface area contributed by atoms with E-state index in [1.807, 2.05) is 31.2 Å². The number of nitrogens with zero attached hydrogens (tertiary/aromatic N) is 1. The van der Waals surface area contributed by atoms with Gasteiger partial charge < -0.3 is 19.9 Å². The van der Waals surface area contributed by atoms with Crippen LogP contribution in [0.15, 0.2) is 47.4 Å². The fraction of sp³-hybridized carbons (Fsp3) is 0.346. The number of ether oxygens (including phenoxy) is 2. The highest BCUT2D eigenvalue weighted by molar-refractivity contribution is 7.89. The van der Waals surface area contributed by atoms with Crippen molar-refractivity contribution in [2.75, 3.05) is 20.3 Å². The third-order valence-electron chi connectivity index (χ3n) is 5.43. The van der Waals surface area contributed by atoms with E-state index in [9.17, 15) is 26.4 Å². The SMILES string of the molecule is COCCNC(=O)C(C)(C)NS(=O)(=O)c1ccc(Cl)c(COc2cccc3ccc(C)nc23)c1Cl.O=C(O)C(F)(F)F. The molecule has 0 atom stereocenters. The Labute approximate surface area is 250 Å². The Bertz CT molecular complexity index is 1550. The molecule has 1 amide bonds. The van der Waals surface area contributed by atoms with E-state index in [-0.39, 0.29) is 28.1 Å².